The van der Waals surface area contributed by atoms with E-state index in [1.165, 1.54) is 30.0 Å². The van der Waals surface area contributed by atoms with Crippen LogP contribution < -0.4 is 5.73 Å². The van der Waals surface area contributed by atoms with Gasteiger partial charge in [0.05, 0.1) is 22.9 Å². The van der Waals surface area contributed by atoms with Gasteiger partial charge in [0.1, 0.15) is 5.82 Å². The van der Waals surface area contributed by atoms with Crippen molar-refractivity contribution in [3.05, 3.63) is 124 Å². The summed E-state index contributed by atoms with van der Waals surface area (Å²) in [5.74, 6) is -2.90. The van der Waals surface area contributed by atoms with Gasteiger partial charge in [0.15, 0.2) is 0 Å². The van der Waals surface area contributed by atoms with Crippen LogP contribution in [-0.2, 0) is 11.2 Å². The lowest BCUT2D eigenvalue weighted by molar-refractivity contribution is -0.119. The number of carbonyl (C=O) groups is 2. The Balaban J connectivity index is 1.76. The van der Waals surface area contributed by atoms with Gasteiger partial charge in [-0.25, -0.2) is 14.2 Å². The van der Waals surface area contributed by atoms with Crippen LogP contribution in [0.3, 0.4) is 0 Å². The van der Waals surface area contributed by atoms with Crippen molar-refractivity contribution in [3.63, 3.8) is 0 Å². The molecule has 8 heteroatoms. The van der Waals surface area contributed by atoms with E-state index in [1.54, 1.807) is 54.6 Å². The zero-order valence-electron chi connectivity index (χ0n) is 19.3. The summed E-state index contributed by atoms with van der Waals surface area (Å²) in [5.41, 5.74) is 8.86. The minimum atomic E-state index is -1.08. The number of nitrogens with zero attached hydrogens (tertiary/aromatic N) is 1. The van der Waals surface area contributed by atoms with Gasteiger partial charge in [-0.2, -0.15) is 0 Å². The van der Waals surface area contributed by atoms with Crippen molar-refractivity contribution >= 4 is 46.6 Å². The molecule has 0 saturated heterocycles. The van der Waals surface area contributed by atoms with E-state index >= 15 is 4.39 Å². The molecule has 184 valence electrons. The average Bonchev–Trinajstić information content (AvgIpc) is 3.05. The molecule has 3 N–H and O–H groups in total. The number of fused-ring (bicyclic) bond motifs is 2. The van der Waals surface area contributed by atoms with Crippen LogP contribution in [0.15, 0.2) is 99.7 Å². The number of aromatic carboxylic acids is 1. The fraction of sp³-hybridized carbons (Fsp3) is 0.0690. The largest absolute Gasteiger partial charge is 0.478 e. The van der Waals surface area contributed by atoms with Crippen molar-refractivity contribution in [1.29, 1.82) is 0 Å². The van der Waals surface area contributed by atoms with E-state index in [0.717, 1.165) is 4.90 Å². The Morgan fingerprint density at radius 3 is 2.43 bits per heavy atom. The summed E-state index contributed by atoms with van der Waals surface area (Å²) in [5, 5.41) is 9.99. The quantitative estimate of drug-likeness (QED) is 0.258. The third kappa shape index (κ3) is 5.01. The molecule has 5 nitrogen and oxygen atoms in total. The van der Waals surface area contributed by atoms with Crippen molar-refractivity contribution in [1.82, 2.24) is 0 Å². The predicted octanol–water partition coefficient (Wildman–Crippen LogP) is 6.62. The van der Waals surface area contributed by atoms with Crippen molar-refractivity contribution < 1.29 is 19.1 Å². The Kier molecular flexibility index (Phi) is 6.82. The van der Waals surface area contributed by atoms with E-state index in [9.17, 15) is 14.7 Å². The molecule has 1 heterocycles. The number of hydrogen-bond acceptors (Lipinski definition) is 4. The van der Waals surface area contributed by atoms with Crippen LogP contribution in [0, 0.1) is 5.82 Å². The van der Waals surface area contributed by atoms with Crippen LogP contribution in [0.4, 0.5) is 10.1 Å². The Labute approximate surface area is 221 Å². The zero-order chi connectivity index (χ0) is 26.1. The van der Waals surface area contributed by atoms with Crippen molar-refractivity contribution in [2.24, 2.45) is 10.7 Å². The Hall–Kier alpha value is -3.94. The SMILES string of the molecule is NC(=O)C(Cc1c(F)ccc2c1C(c1cccc(Cl)c1)=Nc1cc(C(=O)O)ccc1S2)c1ccccc1. The van der Waals surface area contributed by atoms with Crippen molar-refractivity contribution in [3.8, 4) is 0 Å². The highest BCUT2D eigenvalue weighted by Gasteiger charge is 2.28. The van der Waals surface area contributed by atoms with E-state index in [1.807, 2.05) is 12.1 Å². The molecule has 0 aliphatic carbocycles. The molecule has 0 spiro atoms. The van der Waals surface area contributed by atoms with Gasteiger partial charge in [-0.15, -0.1) is 0 Å². The number of aliphatic imine (C=N–C) groups is 1. The fourth-order valence-corrected chi connectivity index (χ4v) is 5.61. The van der Waals surface area contributed by atoms with Gasteiger partial charge >= 0.3 is 5.97 Å². The first kappa shape index (κ1) is 24.7. The first-order valence-electron chi connectivity index (χ1n) is 11.4. The van der Waals surface area contributed by atoms with Gasteiger partial charge in [-0.3, -0.25) is 4.79 Å². The van der Waals surface area contributed by atoms with Crippen LogP contribution >= 0.6 is 23.4 Å². The summed E-state index contributed by atoms with van der Waals surface area (Å²) in [6.07, 6.45) is 0.0191. The normalized spacial score (nSPS) is 13.1. The Morgan fingerprint density at radius 2 is 1.73 bits per heavy atom. The zero-order valence-corrected chi connectivity index (χ0v) is 20.9. The molecular weight excluding hydrogens is 511 g/mol. The molecule has 1 unspecified atom stereocenters. The fourth-order valence-electron chi connectivity index (χ4n) is 4.38. The molecule has 4 aromatic carbocycles. The lowest BCUT2D eigenvalue weighted by Gasteiger charge is -2.20. The van der Waals surface area contributed by atoms with Crippen LogP contribution in [0.25, 0.3) is 0 Å². The molecule has 37 heavy (non-hydrogen) atoms. The first-order chi connectivity index (χ1) is 17.8. The summed E-state index contributed by atoms with van der Waals surface area (Å²) in [7, 11) is 0. The van der Waals surface area contributed by atoms with Gasteiger partial charge < -0.3 is 10.8 Å². The van der Waals surface area contributed by atoms with Gasteiger partial charge in [0, 0.05) is 25.9 Å². The minimum Gasteiger partial charge on any atom is -0.478 e. The maximum Gasteiger partial charge on any atom is 0.335 e. The molecule has 1 atom stereocenters. The van der Waals surface area contributed by atoms with E-state index in [2.05, 4.69) is 0 Å². The summed E-state index contributed by atoms with van der Waals surface area (Å²) in [6.45, 7) is 0. The highest BCUT2D eigenvalue weighted by atomic mass is 35.5. The molecule has 0 fully saturated rings. The predicted molar refractivity (Wildman–Crippen MR) is 143 cm³/mol. The number of amides is 1. The van der Waals surface area contributed by atoms with E-state index in [-0.39, 0.29) is 12.0 Å². The second kappa shape index (κ2) is 10.2. The summed E-state index contributed by atoms with van der Waals surface area (Å²) < 4.78 is 15.6. The number of nitrogens with two attached hydrogens (primary N) is 1. The van der Waals surface area contributed by atoms with Crippen LogP contribution in [-0.4, -0.2) is 22.7 Å². The van der Waals surface area contributed by atoms with E-state index < -0.39 is 23.6 Å². The number of benzene rings is 4. The standard InChI is InChI=1S/C29H20ClFN2O3S/c30-19-8-4-7-17(13-19)27-26-21(15-20(28(32)34)16-5-2-1-3-6-16)22(31)10-12-25(26)37-24-11-9-18(29(35)36)14-23(24)33-27/h1-14,20H,15H2,(H2,32,34)(H,35,36). The summed E-state index contributed by atoms with van der Waals surface area (Å²) >= 11 is 7.66. The van der Waals surface area contributed by atoms with Crippen LogP contribution in [0.1, 0.15) is 38.5 Å². The minimum absolute atomic E-state index is 0.0191. The molecule has 1 aliphatic heterocycles. The van der Waals surface area contributed by atoms with Gasteiger partial charge in [-0.1, -0.05) is 65.8 Å². The van der Waals surface area contributed by atoms with Crippen LogP contribution in [0.2, 0.25) is 5.02 Å². The van der Waals surface area contributed by atoms with Gasteiger partial charge in [-0.05, 0) is 60.0 Å². The number of primary amides is 1. The second-order valence-electron chi connectivity index (χ2n) is 8.53. The highest BCUT2D eigenvalue weighted by molar-refractivity contribution is 7.99. The molecule has 5 rings (SSSR count). The third-order valence-corrected chi connectivity index (χ3v) is 7.52. The number of hydrogen-bond donors (Lipinski definition) is 2. The number of carboxylic acid groups (broad SMARTS) is 1. The van der Waals surface area contributed by atoms with Gasteiger partial charge in [0.2, 0.25) is 5.91 Å². The number of rotatable bonds is 6. The van der Waals surface area contributed by atoms with E-state index in [0.29, 0.717) is 43.6 Å². The third-order valence-electron chi connectivity index (χ3n) is 6.16. The highest BCUT2D eigenvalue weighted by Crippen LogP contribution is 2.44. The van der Waals surface area contributed by atoms with E-state index in [4.69, 9.17) is 22.3 Å². The first-order valence-corrected chi connectivity index (χ1v) is 12.6. The molecule has 0 bridgehead atoms. The molecule has 1 aliphatic rings. The molecule has 4 aromatic rings. The smallest absolute Gasteiger partial charge is 0.335 e. The van der Waals surface area contributed by atoms with Gasteiger partial charge in [0.25, 0.3) is 0 Å². The maximum absolute atomic E-state index is 15.6. The number of carboxylic acids is 1. The Morgan fingerprint density at radius 1 is 0.973 bits per heavy atom. The second-order valence-corrected chi connectivity index (χ2v) is 10.0. The average molecular weight is 531 g/mol. The van der Waals surface area contributed by atoms with Crippen molar-refractivity contribution in [2.45, 2.75) is 22.1 Å². The lowest BCUT2D eigenvalue weighted by Crippen LogP contribution is -2.25. The number of halogens is 2. The monoisotopic (exact) mass is 530 g/mol. The summed E-state index contributed by atoms with van der Waals surface area (Å²) in [4.78, 5) is 30.4. The topological polar surface area (TPSA) is 92.8 Å². The molecule has 0 radical (unpaired) electrons. The summed E-state index contributed by atoms with van der Waals surface area (Å²) in [6, 6.07) is 23.8. The molecular formula is C29H20ClFN2O3S. The van der Waals surface area contributed by atoms with Crippen LogP contribution in [0.5, 0.6) is 0 Å². The molecule has 0 saturated carbocycles. The number of carbonyl (C=O) groups excluding carboxylic acids is 1. The van der Waals surface area contributed by atoms with Crippen molar-refractivity contribution in [2.75, 3.05) is 0 Å². The maximum atomic E-state index is 15.6. The lowest BCUT2D eigenvalue weighted by atomic mass is 9.87. The Bertz CT molecular complexity index is 1570. The molecule has 1 amide bonds. The molecule has 0 aromatic heterocycles.